The van der Waals surface area contributed by atoms with Gasteiger partial charge in [0.05, 0.1) is 18.4 Å². The number of aliphatic hydroxyl groups is 1. The predicted octanol–water partition coefficient (Wildman–Crippen LogP) is 2.80. The Bertz CT molecular complexity index is 596. The average molecular weight is 295 g/mol. The number of rotatable bonds is 5. The van der Waals surface area contributed by atoms with E-state index in [4.69, 9.17) is 16.3 Å². The molecular formula is C15H19ClN2O2. The van der Waals surface area contributed by atoms with Crippen molar-refractivity contribution in [2.75, 3.05) is 7.11 Å². The number of aromatic nitrogens is 2. The number of aliphatic hydroxyl groups excluding tert-OH is 1. The highest BCUT2D eigenvalue weighted by atomic mass is 35.5. The second-order valence-corrected chi connectivity index (χ2v) is 5.23. The molecule has 2 aromatic rings. The van der Waals surface area contributed by atoms with E-state index in [2.05, 4.69) is 5.10 Å². The summed E-state index contributed by atoms with van der Waals surface area (Å²) in [6.07, 6.45) is -0.151. The number of nitrogens with zero attached hydrogens (tertiary/aromatic N) is 2. The third kappa shape index (κ3) is 3.20. The lowest BCUT2D eigenvalue weighted by molar-refractivity contribution is 0.175. The molecule has 0 fully saturated rings. The van der Waals surface area contributed by atoms with Gasteiger partial charge in [0, 0.05) is 26.1 Å². The van der Waals surface area contributed by atoms with Crippen molar-refractivity contribution in [3.63, 3.8) is 0 Å². The number of methoxy groups -OCH3 is 1. The van der Waals surface area contributed by atoms with Gasteiger partial charge in [0.1, 0.15) is 5.15 Å². The molecule has 1 aromatic heterocycles. The van der Waals surface area contributed by atoms with Gasteiger partial charge in [0.25, 0.3) is 0 Å². The summed E-state index contributed by atoms with van der Waals surface area (Å²) >= 11 is 6.20. The fraction of sp³-hybridized carbons (Fsp3) is 0.400. The number of hydrogen-bond donors (Lipinski definition) is 1. The molecule has 0 aliphatic rings. The minimum absolute atomic E-state index is 0.453. The molecule has 2 rings (SSSR count). The number of hydrogen-bond acceptors (Lipinski definition) is 3. The van der Waals surface area contributed by atoms with Gasteiger partial charge in [-0.3, -0.25) is 4.68 Å². The van der Waals surface area contributed by atoms with Crippen LogP contribution < -0.4 is 0 Å². The van der Waals surface area contributed by atoms with Gasteiger partial charge in [0.2, 0.25) is 0 Å². The first-order valence-electron chi connectivity index (χ1n) is 6.46. The fourth-order valence-electron chi connectivity index (χ4n) is 2.27. The van der Waals surface area contributed by atoms with Crippen molar-refractivity contribution in [2.24, 2.45) is 7.05 Å². The van der Waals surface area contributed by atoms with E-state index in [-0.39, 0.29) is 0 Å². The minimum Gasteiger partial charge on any atom is -0.388 e. The van der Waals surface area contributed by atoms with Crippen molar-refractivity contribution in [2.45, 2.75) is 26.1 Å². The molecule has 0 saturated carbocycles. The normalized spacial score (nSPS) is 12.7. The summed E-state index contributed by atoms with van der Waals surface area (Å²) < 4.78 is 6.73. The van der Waals surface area contributed by atoms with E-state index in [9.17, 15) is 5.11 Å². The zero-order chi connectivity index (χ0) is 14.7. The first-order chi connectivity index (χ1) is 9.52. The van der Waals surface area contributed by atoms with Crippen molar-refractivity contribution >= 4 is 11.6 Å². The van der Waals surface area contributed by atoms with Gasteiger partial charge in [-0.25, -0.2) is 0 Å². The molecule has 0 spiro atoms. The van der Waals surface area contributed by atoms with Crippen LogP contribution in [0, 0.1) is 6.92 Å². The largest absolute Gasteiger partial charge is 0.388 e. The Hall–Kier alpha value is -1.36. The predicted molar refractivity (Wildman–Crippen MR) is 78.8 cm³/mol. The van der Waals surface area contributed by atoms with Crippen LogP contribution in [0.15, 0.2) is 24.3 Å². The Morgan fingerprint density at radius 2 is 2.20 bits per heavy atom. The topological polar surface area (TPSA) is 47.3 Å². The third-order valence-electron chi connectivity index (χ3n) is 3.31. The number of benzene rings is 1. The highest BCUT2D eigenvalue weighted by Crippen LogP contribution is 2.26. The van der Waals surface area contributed by atoms with E-state index in [0.29, 0.717) is 18.2 Å². The molecule has 1 unspecified atom stereocenters. The molecule has 1 N–H and O–H groups in total. The maximum atomic E-state index is 10.4. The van der Waals surface area contributed by atoms with Crippen molar-refractivity contribution in [3.05, 3.63) is 51.8 Å². The average Bonchev–Trinajstić information content (AvgIpc) is 2.66. The standard InChI is InChI=1S/C15H19ClN2O2/c1-10-13(15(16)18(2)17-10)8-14(19)12-6-4-5-11(7-12)9-20-3/h4-7,14,19H,8-9H2,1-3H3. The van der Waals surface area contributed by atoms with Crippen LogP contribution in [0.4, 0.5) is 0 Å². The smallest absolute Gasteiger partial charge is 0.130 e. The quantitative estimate of drug-likeness (QED) is 0.922. The molecule has 5 heteroatoms. The van der Waals surface area contributed by atoms with Crippen molar-refractivity contribution < 1.29 is 9.84 Å². The SMILES string of the molecule is COCc1cccc(C(O)Cc2c(C)nn(C)c2Cl)c1. The van der Waals surface area contributed by atoms with E-state index >= 15 is 0 Å². The molecule has 0 aliphatic carbocycles. The molecule has 0 radical (unpaired) electrons. The first-order valence-corrected chi connectivity index (χ1v) is 6.84. The van der Waals surface area contributed by atoms with E-state index in [1.54, 1.807) is 18.8 Å². The molecule has 0 bridgehead atoms. The van der Waals surface area contributed by atoms with Crippen LogP contribution >= 0.6 is 11.6 Å². The van der Waals surface area contributed by atoms with Crippen LogP contribution in [0.3, 0.4) is 0 Å². The summed E-state index contributed by atoms with van der Waals surface area (Å²) in [5, 5.41) is 15.2. The summed E-state index contributed by atoms with van der Waals surface area (Å²) in [4.78, 5) is 0. The van der Waals surface area contributed by atoms with Crippen molar-refractivity contribution in [1.82, 2.24) is 9.78 Å². The fourth-order valence-corrected chi connectivity index (χ4v) is 2.53. The third-order valence-corrected chi connectivity index (χ3v) is 3.79. The zero-order valence-corrected chi connectivity index (χ0v) is 12.7. The Morgan fingerprint density at radius 1 is 1.45 bits per heavy atom. The highest BCUT2D eigenvalue weighted by Gasteiger charge is 2.17. The van der Waals surface area contributed by atoms with Gasteiger partial charge in [-0.2, -0.15) is 5.10 Å². The molecule has 20 heavy (non-hydrogen) atoms. The van der Waals surface area contributed by atoms with Crippen LogP contribution in [-0.2, 0) is 24.8 Å². The van der Waals surface area contributed by atoms with Gasteiger partial charge >= 0.3 is 0 Å². The molecule has 0 amide bonds. The maximum Gasteiger partial charge on any atom is 0.130 e. The molecule has 1 heterocycles. The number of ether oxygens (including phenoxy) is 1. The van der Waals surface area contributed by atoms with E-state index in [1.165, 1.54) is 0 Å². The molecular weight excluding hydrogens is 276 g/mol. The molecule has 108 valence electrons. The lowest BCUT2D eigenvalue weighted by atomic mass is 10.0. The monoisotopic (exact) mass is 294 g/mol. The van der Waals surface area contributed by atoms with Crippen LogP contribution in [-0.4, -0.2) is 22.0 Å². The Labute approximate surface area is 123 Å². The lowest BCUT2D eigenvalue weighted by Gasteiger charge is -2.12. The number of aryl methyl sites for hydroxylation is 2. The van der Waals surface area contributed by atoms with Crippen molar-refractivity contribution in [1.29, 1.82) is 0 Å². The van der Waals surface area contributed by atoms with Crippen LogP contribution in [0.5, 0.6) is 0 Å². The molecule has 1 atom stereocenters. The molecule has 0 saturated heterocycles. The Balaban J connectivity index is 2.19. The van der Waals surface area contributed by atoms with Gasteiger partial charge in [-0.05, 0) is 18.1 Å². The Kier molecular flexibility index (Phi) is 4.81. The van der Waals surface area contributed by atoms with Gasteiger partial charge in [-0.15, -0.1) is 0 Å². The second-order valence-electron chi connectivity index (χ2n) is 4.88. The number of halogens is 1. The Morgan fingerprint density at radius 3 is 2.80 bits per heavy atom. The minimum atomic E-state index is -0.604. The van der Waals surface area contributed by atoms with Crippen molar-refractivity contribution in [3.8, 4) is 0 Å². The van der Waals surface area contributed by atoms with E-state index < -0.39 is 6.10 Å². The summed E-state index contributed by atoms with van der Waals surface area (Å²) in [6.45, 7) is 2.43. The molecule has 0 aliphatic heterocycles. The highest BCUT2D eigenvalue weighted by molar-refractivity contribution is 6.30. The summed E-state index contributed by atoms with van der Waals surface area (Å²) in [6, 6.07) is 7.75. The zero-order valence-electron chi connectivity index (χ0n) is 11.9. The first kappa shape index (κ1) is 15.0. The van der Waals surface area contributed by atoms with Gasteiger partial charge in [0.15, 0.2) is 0 Å². The van der Waals surface area contributed by atoms with Gasteiger partial charge < -0.3 is 9.84 Å². The summed E-state index contributed by atoms with van der Waals surface area (Å²) in [5.74, 6) is 0. The maximum absolute atomic E-state index is 10.4. The van der Waals surface area contributed by atoms with Crippen LogP contribution in [0.25, 0.3) is 0 Å². The van der Waals surface area contributed by atoms with Gasteiger partial charge in [-0.1, -0.05) is 35.9 Å². The van der Waals surface area contributed by atoms with Crippen LogP contribution in [0.2, 0.25) is 5.15 Å². The van der Waals surface area contributed by atoms with Crippen LogP contribution in [0.1, 0.15) is 28.5 Å². The molecule has 4 nitrogen and oxygen atoms in total. The second kappa shape index (κ2) is 6.39. The summed E-state index contributed by atoms with van der Waals surface area (Å²) in [7, 11) is 3.45. The molecule has 1 aromatic carbocycles. The van der Waals surface area contributed by atoms with E-state index in [1.807, 2.05) is 31.2 Å². The van der Waals surface area contributed by atoms with E-state index in [0.717, 1.165) is 22.4 Å². The lowest BCUT2D eigenvalue weighted by Crippen LogP contribution is -2.04. The summed E-state index contributed by atoms with van der Waals surface area (Å²) in [5.41, 5.74) is 3.64.